The van der Waals surface area contributed by atoms with E-state index in [2.05, 4.69) is 5.32 Å². The lowest BCUT2D eigenvalue weighted by atomic mass is 10.1. The summed E-state index contributed by atoms with van der Waals surface area (Å²) in [4.78, 5) is 12.4. The summed E-state index contributed by atoms with van der Waals surface area (Å²) < 4.78 is 5.03. The van der Waals surface area contributed by atoms with Gasteiger partial charge in [0.15, 0.2) is 0 Å². The zero-order valence-electron chi connectivity index (χ0n) is 9.81. The monoisotopic (exact) mass is 255 g/mol. The Morgan fingerprint density at radius 1 is 1.65 bits per heavy atom. The number of nitrogens with one attached hydrogen (secondary N) is 1. The molecular formula is C12H17NO3S. The molecular weight excluding hydrogens is 238 g/mol. The predicted molar refractivity (Wildman–Crippen MR) is 66.6 cm³/mol. The van der Waals surface area contributed by atoms with Crippen molar-refractivity contribution >= 4 is 17.2 Å². The van der Waals surface area contributed by atoms with Gasteiger partial charge in [-0.1, -0.05) is 6.42 Å². The Kier molecular flexibility index (Phi) is 4.02. The SMILES string of the molecule is COc1csc(C(=O)NCC2CCCC2O)c1. The number of methoxy groups -OCH3 is 1. The summed E-state index contributed by atoms with van der Waals surface area (Å²) in [6.07, 6.45) is 2.64. The third-order valence-electron chi connectivity index (χ3n) is 3.18. The minimum atomic E-state index is -0.256. The van der Waals surface area contributed by atoms with Crippen LogP contribution in [-0.2, 0) is 0 Å². The van der Waals surface area contributed by atoms with Crippen LogP contribution in [0.4, 0.5) is 0 Å². The van der Waals surface area contributed by atoms with Gasteiger partial charge in [0.05, 0.1) is 18.1 Å². The van der Waals surface area contributed by atoms with Crippen LogP contribution in [-0.4, -0.2) is 30.8 Å². The van der Waals surface area contributed by atoms with Gasteiger partial charge < -0.3 is 15.2 Å². The van der Waals surface area contributed by atoms with Crippen molar-refractivity contribution in [3.63, 3.8) is 0 Å². The van der Waals surface area contributed by atoms with Gasteiger partial charge in [-0.05, 0) is 12.8 Å². The molecule has 2 N–H and O–H groups in total. The molecule has 1 aromatic rings. The molecule has 0 aromatic carbocycles. The molecule has 1 saturated carbocycles. The summed E-state index contributed by atoms with van der Waals surface area (Å²) in [6, 6.07) is 1.73. The minimum absolute atomic E-state index is 0.0857. The molecule has 17 heavy (non-hydrogen) atoms. The Hall–Kier alpha value is -1.07. The molecule has 5 heteroatoms. The molecule has 1 fully saturated rings. The van der Waals surface area contributed by atoms with E-state index in [-0.39, 0.29) is 17.9 Å². The molecule has 1 amide bonds. The topological polar surface area (TPSA) is 58.6 Å². The van der Waals surface area contributed by atoms with Gasteiger partial charge >= 0.3 is 0 Å². The summed E-state index contributed by atoms with van der Waals surface area (Å²) in [5, 5.41) is 14.3. The van der Waals surface area contributed by atoms with Crippen LogP contribution in [0.5, 0.6) is 5.75 Å². The summed E-state index contributed by atoms with van der Waals surface area (Å²) in [7, 11) is 1.58. The van der Waals surface area contributed by atoms with E-state index in [1.165, 1.54) is 11.3 Å². The van der Waals surface area contributed by atoms with Crippen LogP contribution < -0.4 is 10.1 Å². The van der Waals surface area contributed by atoms with Crippen molar-refractivity contribution in [2.24, 2.45) is 5.92 Å². The summed E-state index contributed by atoms with van der Waals surface area (Å²) >= 11 is 1.37. The van der Waals surface area contributed by atoms with Crippen LogP contribution in [0, 0.1) is 5.92 Å². The third-order valence-corrected chi connectivity index (χ3v) is 4.09. The van der Waals surface area contributed by atoms with Crippen LogP contribution in [0.25, 0.3) is 0 Å². The van der Waals surface area contributed by atoms with E-state index in [1.807, 2.05) is 0 Å². The van der Waals surface area contributed by atoms with Gasteiger partial charge in [0.1, 0.15) is 5.75 Å². The number of aliphatic hydroxyl groups is 1. The fraction of sp³-hybridized carbons (Fsp3) is 0.583. The molecule has 94 valence electrons. The Bertz CT molecular complexity index is 391. The molecule has 0 saturated heterocycles. The van der Waals surface area contributed by atoms with Gasteiger partial charge in [-0.3, -0.25) is 4.79 Å². The van der Waals surface area contributed by atoms with Gasteiger partial charge in [-0.25, -0.2) is 0 Å². The molecule has 2 atom stereocenters. The highest BCUT2D eigenvalue weighted by Gasteiger charge is 2.25. The molecule has 1 aromatic heterocycles. The maximum Gasteiger partial charge on any atom is 0.261 e. The van der Waals surface area contributed by atoms with Gasteiger partial charge in [0.25, 0.3) is 5.91 Å². The van der Waals surface area contributed by atoms with E-state index in [9.17, 15) is 9.90 Å². The highest BCUT2D eigenvalue weighted by atomic mass is 32.1. The second kappa shape index (κ2) is 5.51. The average Bonchev–Trinajstić information content (AvgIpc) is 2.94. The number of ether oxygens (including phenoxy) is 1. The molecule has 0 aliphatic heterocycles. The van der Waals surface area contributed by atoms with E-state index < -0.39 is 0 Å². The maximum absolute atomic E-state index is 11.8. The second-order valence-corrected chi connectivity index (χ2v) is 5.23. The van der Waals surface area contributed by atoms with Crippen LogP contribution >= 0.6 is 11.3 Å². The number of hydrogen-bond donors (Lipinski definition) is 2. The standard InChI is InChI=1S/C12H17NO3S/c1-16-9-5-11(17-7-9)12(15)13-6-8-3-2-4-10(8)14/h5,7-8,10,14H,2-4,6H2,1H3,(H,13,15). The third kappa shape index (κ3) is 2.98. The first kappa shape index (κ1) is 12.4. The van der Waals surface area contributed by atoms with Crippen LogP contribution in [0.2, 0.25) is 0 Å². The van der Waals surface area contributed by atoms with Crippen molar-refractivity contribution in [3.8, 4) is 5.75 Å². The molecule has 4 nitrogen and oxygen atoms in total. The smallest absolute Gasteiger partial charge is 0.261 e. The van der Waals surface area contributed by atoms with Gasteiger partial charge in [0, 0.05) is 23.9 Å². The van der Waals surface area contributed by atoms with Crippen LogP contribution in [0.3, 0.4) is 0 Å². The Morgan fingerprint density at radius 3 is 3.06 bits per heavy atom. The van der Waals surface area contributed by atoms with Gasteiger partial charge in [0.2, 0.25) is 0 Å². The molecule has 0 spiro atoms. The van der Waals surface area contributed by atoms with Gasteiger partial charge in [-0.2, -0.15) is 0 Å². The number of carbonyl (C=O) groups excluding carboxylic acids is 1. The van der Waals surface area contributed by atoms with E-state index in [1.54, 1.807) is 18.6 Å². The van der Waals surface area contributed by atoms with Crippen LogP contribution in [0.1, 0.15) is 28.9 Å². The zero-order valence-corrected chi connectivity index (χ0v) is 10.6. The van der Waals surface area contributed by atoms with Crippen molar-refractivity contribution in [2.45, 2.75) is 25.4 Å². The minimum Gasteiger partial charge on any atom is -0.496 e. The molecule has 1 aliphatic rings. The Morgan fingerprint density at radius 2 is 2.47 bits per heavy atom. The van der Waals surface area contributed by atoms with Crippen molar-refractivity contribution in [1.29, 1.82) is 0 Å². The summed E-state index contributed by atoms with van der Waals surface area (Å²) in [5.74, 6) is 0.833. The number of rotatable bonds is 4. The molecule has 0 radical (unpaired) electrons. The number of aliphatic hydroxyl groups excluding tert-OH is 1. The zero-order chi connectivity index (χ0) is 12.3. The first-order valence-electron chi connectivity index (χ1n) is 5.79. The number of thiophene rings is 1. The Labute approximate surface area is 105 Å². The molecule has 1 aliphatic carbocycles. The largest absolute Gasteiger partial charge is 0.496 e. The fourth-order valence-corrected chi connectivity index (χ4v) is 2.88. The summed E-state index contributed by atoms with van der Waals surface area (Å²) in [6.45, 7) is 0.556. The molecule has 1 heterocycles. The van der Waals surface area contributed by atoms with Crippen molar-refractivity contribution < 1.29 is 14.6 Å². The van der Waals surface area contributed by atoms with Gasteiger partial charge in [-0.15, -0.1) is 11.3 Å². The van der Waals surface area contributed by atoms with Crippen molar-refractivity contribution in [3.05, 3.63) is 16.3 Å². The first-order chi connectivity index (χ1) is 8.20. The van der Waals surface area contributed by atoms with Crippen LogP contribution in [0.15, 0.2) is 11.4 Å². The number of hydrogen-bond acceptors (Lipinski definition) is 4. The Balaban J connectivity index is 1.84. The first-order valence-corrected chi connectivity index (χ1v) is 6.67. The fourth-order valence-electron chi connectivity index (χ4n) is 2.11. The summed E-state index contributed by atoms with van der Waals surface area (Å²) in [5.41, 5.74) is 0. The van der Waals surface area contributed by atoms with E-state index >= 15 is 0 Å². The average molecular weight is 255 g/mol. The van der Waals surface area contributed by atoms with Crippen molar-refractivity contribution in [1.82, 2.24) is 5.32 Å². The molecule has 0 bridgehead atoms. The normalized spacial score (nSPS) is 23.6. The second-order valence-electron chi connectivity index (χ2n) is 4.32. The van der Waals surface area contributed by atoms with E-state index in [0.29, 0.717) is 17.2 Å². The number of carbonyl (C=O) groups is 1. The highest BCUT2D eigenvalue weighted by Crippen LogP contribution is 2.25. The predicted octanol–water partition coefficient (Wildman–Crippen LogP) is 1.65. The maximum atomic E-state index is 11.8. The highest BCUT2D eigenvalue weighted by molar-refractivity contribution is 7.12. The molecule has 2 unspecified atom stereocenters. The molecule has 2 rings (SSSR count). The lowest BCUT2D eigenvalue weighted by Gasteiger charge is -2.14. The lowest BCUT2D eigenvalue weighted by Crippen LogP contribution is -2.31. The van der Waals surface area contributed by atoms with E-state index in [4.69, 9.17) is 4.74 Å². The number of amides is 1. The van der Waals surface area contributed by atoms with Crippen molar-refractivity contribution in [2.75, 3.05) is 13.7 Å². The quantitative estimate of drug-likeness (QED) is 0.860. The lowest BCUT2D eigenvalue weighted by molar-refractivity contribution is 0.0920. The van der Waals surface area contributed by atoms with E-state index in [0.717, 1.165) is 19.3 Å².